The number of amides is 2. The third kappa shape index (κ3) is 3.99. The van der Waals surface area contributed by atoms with E-state index in [2.05, 4.69) is 15.5 Å². The van der Waals surface area contributed by atoms with Crippen molar-refractivity contribution in [2.45, 2.75) is 34.6 Å². The zero-order valence-electron chi connectivity index (χ0n) is 16.0. The van der Waals surface area contributed by atoms with Crippen LogP contribution >= 0.6 is 0 Å². The molecular formula is C19H24N4O3. The summed E-state index contributed by atoms with van der Waals surface area (Å²) >= 11 is 0. The monoisotopic (exact) mass is 356 g/mol. The molecule has 0 aliphatic carbocycles. The van der Waals surface area contributed by atoms with Gasteiger partial charge < -0.3 is 10.2 Å². The van der Waals surface area contributed by atoms with Gasteiger partial charge in [-0.25, -0.2) is 5.10 Å². The molecule has 2 aromatic rings. The van der Waals surface area contributed by atoms with Gasteiger partial charge in [-0.2, -0.15) is 5.10 Å². The number of aryl methyl sites for hydroxylation is 4. The van der Waals surface area contributed by atoms with Crippen LogP contribution in [0.25, 0.3) is 0 Å². The number of anilines is 1. The number of aromatic nitrogens is 2. The molecule has 7 nitrogen and oxygen atoms in total. The number of aromatic amines is 1. The molecule has 1 heterocycles. The van der Waals surface area contributed by atoms with Gasteiger partial charge in [0.05, 0.1) is 12.2 Å². The third-order valence-corrected chi connectivity index (χ3v) is 4.35. The largest absolute Gasteiger partial charge is 0.332 e. The van der Waals surface area contributed by atoms with Gasteiger partial charge in [-0.15, -0.1) is 0 Å². The van der Waals surface area contributed by atoms with Gasteiger partial charge in [0, 0.05) is 12.7 Å². The van der Waals surface area contributed by atoms with Gasteiger partial charge in [0.2, 0.25) is 5.91 Å². The van der Waals surface area contributed by atoms with Crippen LogP contribution < -0.4 is 10.9 Å². The maximum absolute atomic E-state index is 12.6. The summed E-state index contributed by atoms with van der Waals surface area (Å²) in [7, 11) is 1.49. The summed E-state index contributed by atoms with van der Waals surface area (Å²) in [6, 6.07) is 3.97. The molecule has 0 fully saturated rings. The first-order chi connectivity index (χ1) is 12.1. The summed E-state index contributed by atoms with van der Waals surface area (Å²) in [4.78, 5) is 38.2. The molecule has 0 atom stereocenters. The summed E-state index contributed by atoms with van der Waals surface area (Å²) in [5, 5.41) is 8.99. The van der Waals surface area contributed by atoms with Crippen LogP contribution in [0, 0.1) is 34.6 Å². The lowest BCUT2D eigenvalue weighted by molar-refractivity contribution is -0.116. The molecule has 7 heteroatoms. The number of benzene rings is 1. The third-order valence-electron chi connectivity index (χ3n) is 4.35. The highest BCUT2D eigenvalue weighted by atomic mass is 16.2. The normalized spacial score (nSPS) is 10.5. The number of carbonyl (C=O) groups excluding carboxylic acids is 2. The number of nitrogens with one attached hydrogen (secondary N) is 2. The number of nitrogens with zero attached hydrogens (tertiary/aromatic N) is 2. The van der Waals surface area contributed by atoms with Crippen molar-refractivity contribution in [2.75, 3.05) is 18.9 Å². The first-order valence-corrected chi connectivity index (χ1v) is 8.30. The number of hydrogen-bond donors (Lipinski definition) is 2. The van der Waals surface area contributed by atoms with Gasteiger partial charge in [0.25, 0.3) is 11.5 Å². The fraction of sp³-hybridized carbons (Fsp3) is 0.368. The van der Waals surface area contributed by atoms with Gasteiger partial charge in [0.1, 0.15) is 5.56 Å². The zero-order valence-corrected chi connectivity index (χ0v) is 16.0. The molecule has 2 rings (SSSR count). The van der Waals surface area contributed by atoms with E-state index in [0.717, 1.165) is 22.4 Å². The van der Waals surface area contributed by atoms with Crippen molar-refractivity contribution in [1.82, 2.24) is 15.1 Å². The van der Waals surface area contributed by atoms with E-state index in [9.17, 15) is 14.4 Å². The van der Waals surface area contributed by atoms with E-state index in [1.165, 1.54) is 11.9 Å². The second-order valence-electron chi connectivity index (χ2n) is 6.62. The first kappa shape index (κ1) is 19.4. The molecule has 2 N–H and O–H groups in total. The van der Waals surface area contributed by atoms with Crippen molar-refractivity contribution in [3.63, 3.8) is 0 Å². The molecule has 0 spiro atoms. The Morgan fingerprint density at radius 1 is 1.12 bits per heavy atom. The zero-order chi connectivity index (χ0) is 19.6. The molecule has 1 aromatic heterocycles. The van der Waals surface area contributed by atoms with Crippen LogP contribution in [-0.4, -0.2) is 40.5 Å². The van der Waals surface area contributed by atoms with Gasteiger partial charge in [0.15, 0.2) is 0 Å². The first-order valence-electron chi connectivity index (χ1n) is 8.30. The average Bonchev–Trinajstić information content (AvgIpc) is 2.54. The molecule has 0 aliphatic heterocycles. The fourth-order valence-corrected chi connectivity index (χ4v) is 2.92. The quantitative estimate of drug-likeness (QED) is 0.876. The highest BCUT2D eigenvalue weighted by molar-refractivity contribution is 6.00. The number of carbonyl (C=O) groups is 2. The Bertz CT molecular complexity index is 908. The predicted molar refractivity (Wildman–Crippen MR) is 101 cm³/mol. The van der Waals surface area contributed by atoms with Crippen molar-refractivity contribution in [2.24, 2.45) is 0 Å². The second-order valence-corrected chi connectivity index (χ2v) is 6.62. The summed E-state index contributed by atoms with van der Waals surface area (Å²) in [5.41, 5.74) is 4.31. The summed E-state index contributed by atoms with van der Waals surface area (Å²) in [5.74, 6) is -0.836. The Kier molecular flexibility index (Phi) is 5.59. The molecule has 0 radical (unpaired) electrons. The van der Waals surface area contributed by atoms with Crippen LogP contribution in [0.4, 0.5) is 5.69 Å². The average molecular weight is 356 g/mol. The summed E-state index contributed by atoms with van der Waals surface area (Å²) in [6.45, 7) is 9.05. The van der Waals surface area contributed by atoms with Gasteiger partial charge in [-0.05, 0) is 51.3 Å². The van der Waals surface area contributed by atoms with Crippen molar-refractivity contribution >= 4 is 17.5 Å². The predicted octanol–water partition coefficient (Wildman–Crippen LogP) is 2.02. The maximum Gasteiger partial charge on any atom is 0.277 e. The van der Waals surface area contributed by atoms with E-state index in [-0.39, 0.29) is 18.0 Å². The molecule has 2 amide bonds. The minimum absolute atomic E-state index is 0.00972. The fourth-order valence-electron chi connectivity index (χ4n) is 2.92. The molecule has 138 valence electrons. The van der Waals surface area contributed by atoms with E-state index in [0.29, 0.717) is 11.3 Å². The Morgan fingerprint density at radius 2 is 1.69 bits per heavy atom. The molecular weight excluding hydrogens is 332 g/mol. The Labute approximate surface area is 152 Å². The molecule has 0 aliphatic rings. The summed E-state index contributed by atoms with van der Waals surface area (Å²) in [6.07, 6.45) is 0. The molecule has 26 heavy (non-hydrogen) atoms. The van der Waals surface area contributed by atoms with Crippen molar-refractivity contribution in [1.29, 1.82) is 0 Å². The maximum atomic E-state index is 12.6. The Morgan fingerprint density at radius 3 is 2.27 bits per heavy atom. The topological polar surface area (TPSA) is 95.2 Å². The lowest BCUT2D eigenvalue weighted by atomic mass is 10.1. The highest BCUT2D eigenvalue weighted by Crippen LogP contribution is 2.21. The van der Waals surface area contributed by atoms with Crippen molar-refractivity contribution in [3.05, 3.63) is 56.0 Å². The van der Waals surface area contributed by atoms with E-state index < -0.39 is 11.5 Å². The van der Waals surface area contributed by atoms with Gasteiger partial charge in [-0.3, -0.25) is 14.4 Å². The summed E-state index contributed by atoms with van der Waals surface area (Å²) < 4.78 is 0. The molecule has 0 bridgehead atoms. The van der Waals surface area contributed by atoms with Crippen LogP contribution in [-0.2, 0) is 4.79 Å². The Hall–Kier alpha value is -2.96. The number of rotatable bonds is 4. The Balaban J connectivity index is 2.17. The van der Waals surface area contributed by atoms with Crippen molar-refractivity contribution in [3.8, 4) is 0 Å². The van der Waals surface area contributed by atoms with Crippen LogP contribution in [0.2, 0.25) is 0 Å². The van der Waals surface area contributed by atoms with E-state index in [1.807, 2.05) is 32.9 Å². The lowest BCUT2D eigenvalue weighted by Gasteiger charge is -2.19. The minimum atomic E-state index is -0.560. The highest BCUT2D eigenvalue weighted by Gasteiger charge is 2.22. The smallest absolute Gasteiger partial charge is 0.277 e. The van der Waals surface area contributed by atoms with E-state index in [4.69, 9.17) is 0 Å². The van der Waals surface area contributed by atoms with E-state index in [1.54, 1.807) is 13.8 Å². The van der Waals surface area contributed by atoms with Crippen LogP contribution in [0.3, 0.4) is 0 Å². The number of likely N-dealkylation sites (N-methyl/N-ethyl adjacent to an activating group) is 1. The van der Waals surface area contributed by atoms with Crippen LogP contribution in [0.5, 0.6) is 0 Å². The SMILES string of the molecule is Cc1cc(C)c(NC(=O)CN(C)C(=O)c2c(C)c(C)n[nH]c2=O)c(C)c1. The number of H-pyrrole nitrogens is 1. The molecule has 1 aromatic carbocycles. The molecule has 0 saturated carbocycles. The number of hydrogen-bond acceptors (Lipinski definition) is 4. The minimum Gasteiger partial charge on any atom is -0.332 e. The van der Waals surface area contributed by atoms with Gasteiger partial charge in [-0.1, -0.05) is 17.7 Å². The van der Waals surface area contributed by atoms with Gasteiger partial charge >= 0.3 is 0 Å². The van der Waals surface area contributed by atoms with Crippen LogP contribution in [0.1, 0.15) is 38.3 Å². The standard InChI is InChI=1S/C19H24N4O3/c1-10-7-11(2)17(12(3)8-10)20-15(24)9-23(6)19(26)16-13(4)14(5)21-22-18(16)25/h7-8H,9H2,1-6H3,(H,20,24)(H,22,25). The van der Waals surface area contributed by atoms with Crippen molar-refractivity contribution < 1.29 is 9.59 Å². The second kappa shape index (κ2) is 7.51. The molecule has 0 saturated heterocycles. The van der Waals surface area contributed by atoms with Crippen LogP contribution in [0.15, 0.2) is 16.9 Å². The molecule has 0 unspecified atom stereocenters. The lowest BCUT2D eigenvalue weighted by Crippen LogP contribution is -2.38. The van der Waals surface area contributed by atoms with E-state index >= 15 is 0 Å².